The Hall–Kier alpha value is -0.940. The van der Waals surface area contributed by atoms with Crippen molar-refractivity contribution in [2.75, 3.05) is 40.1 Å². The van der Waals surface area contributed by atoms with Crippen LogP contribution in [0, 0.1) is 6.92 Å². The average Bonchev–Trinajstić information content (AvgIpc) is 2.43. The zero-order valence-electron chi connectivity index (χ0n) is 11.9. The Bertz CT molecular complexity index is 327. The third kappa shape index (κ3) is 6.68. The number of nitrogens with two attached hydrogens (primary N) is 1. The number of ether oxygens (including phenoxy) is 3. The molecule has 1 rings (SSSR count). The van der Waals surface area contributed by atoms with Crippen LogP contribution >= 0.6 is 0 Å². The van der Waals surface area contributed by atoms with E-state index < -0.39 is 0 Å². The highest BCUT2D eigenvalue weighted by atomic mass is 16.5. The van der Waals surface area contributed by atoms with Gasteiger partial charge in [-0.2, -0.15) is 0 Å². The van der Waals surface area contributed by atoms with E-state index in [1.807, 2.05) is 0 Å². The van der Waals surface area contributed by atoms with E-state index in [9.17, 15) is 0 Å². The van der Waals surface area contributed by atoms with E-state index in [0.29, 0.717) is 33.0 Å². The van der Waals surface area contributed by atoms with E-state index >= 15 is 0 Å². The molecule has 2 N–H and O–H groups in total. The minimum absolute atomic E-state index is 0.0282. The molecule has 0 aliphatic rings. The molecule has 0 saturated carbocycles. The lowest BCUT2D eigenvalue weighted by molar-refractivity contribution is 0.0261. The van der Waals surface area contributed by atoms with Crippen molar-refractivity contribution in [2.45, 2.75) is 19.4 Å². The Labute approximate surface area is 115 Å². The SMILES string of the molecule is COCCOCCCOC(CN)c1ccc(C)cc1. The lowest BCUT2D eigenvalue weighted by Gasteiger charge is -2.16. The van der Waals surface area contributed by atoms with Gasteiger partial charge < -0.3 is 19.9 Å². The summed E-state index contributed by atoms with van der Waals surface area (Å²) in [6.45, 7) is 5.18. The second-order valence-electron chi connectivity index (χ2n) is 4.46. The van der Waals surface area contributed by atoms with Crippen LogP contribution in [0.3, 0.4) is 0 Å². The monoisotopic (exact) mass is 267 g/mol. The van der Waals surface area contributed by atoms with Crippen molar-refractivity contribution in [3.8, 4) is 0 Å². The number of hydrogen-bond donors (Lipinski definition) is 1. The highest BCUT2D eigenvalue weighted by molar-refractivity contribution is 5.23. The maximum atomic E-state index is 5.79. The van der Waals surface area contributed by atoms with Crippen molar-refractivity contribution in [1.29, 1.82) is 0 Å². The van der Waals surface area contributed by atoms with E-state index in [0.717, 1.165) is 12.0 Å². The molecule has 0 aromatic heterocycles. The van der Waals surface area contributed by atoms with E-state index in [-0.39, 0.29) is 6.10 Å². The van der Waals surface area contributed by atoms with E-state index in [4.69, 9.17) is 19.9 Å². The third-order valence-electron chi connectivity index (χ3n) is 2.85. The molecule has 1 unspecified atom stereocenters. The first-order valence-electron chi connectivity index (χ1n) is 6.73. The molecule has 0 amide bonds. The highest BCUT2D eigenvalue weighted by Crippen LogP contribution is 2.16. The number of hydrogen-bond acceptors (Lipinski definition) is 4. The van der Waals surface area contributed by atoms with Gasteiger partial charge in [-0.1, -0.05) is 29.8 Å². The van der Waals surface area contributed by atoms with Crippen LogP contribution in [0.4, 0.5) is 0 Å². The topological polar surface area (TPSA) is 53.7 Å². The lowest BCUT2D eigenvalue weighted by Crippen LogP contribution is -2.17. The van der Waals surface area contributed by atoms with Crippen molar-refractivity contribution in [1.82, 2.24) is 0 Å². The Kier molecular flexibility index (Phi) is 8.41. The molecule has 108 valence electrons. The van der Waals surface area contributed by atoms with Crippen molar-refractivity contribution >= 4 is 0 Å². The smallest absolute Gasteiger partial charge is 0.0947 e. The van der Waals surface area contributed by atoms with Crippen LogP contribution in [0.15, 0.2) is 24.3 Å². The minimum atomic E-state index is -0.0282. The quantitative estimate of drug-likeness (QED) is 0.659. The second kappa shape index (κ2) is 9.92. The van der Waals surface area contributed by atoms with Crippen LogP contribution in [-0.2, 0) is 14.2 Å². The molecule has 19 heavy (non-hydrogen) atoms. The van der Waals surface area contributed by atoms with Crippen LogP contribution in [0.25, 0.3) is 0 Å². The molecule has 1 aromatic carbocycles. The molecule has 1 atom stereocenters. The third-order valence-corrected chi connectivity index (χ3v) is 2.85. The van der Waals surface area contributed by atoms with Crippen LogP contribution in [-0.4, -0.2) is 40.1 Å². The molecule has 4 nitrogen and oxygen atoms in total. The van der Waals surface area contributed by atoms with Crippen molar-refractivity contribution < 1.29 is 14.2 Å². The molecule has 0 saturated heterocycles. The summed E-state index contributed by atoms with van der Waals surface area (Å²) in [7, 11) is 1.67. The summed E-state index contributed by atoms with van der Waals surface area (Å²) in [5, 5.41) is 0. The highest BCUT2D eigenvalue weighted by Gasteiger charge is 2.09. The first-order valence-corrected chi connectivity index (χ1v) is 6.73. The molecular weight excluding hydrogens is 242 g/mol. The molecule has 0 fully saturated rings. The Morgan fingerprint density at radius 1 is 1.05 bits per heavy atom. The van der Waals surface area contributed by atoms with Gasteiger partial charge in [0.05, 0.1) is 19.3 Å². The zero-order chi connectivity index (χ0) is 13.9. The summed E-state index contributed by atoms with van der Waals surface area (Å²) in [6, 6.07) is 8.30. The van der Waals surface area contributed by atoms with Crippen molar-refractivity contribution in [2.24, 2.45) is 5.73 Å². The maximum absolute atomic E-state index is 5.79. The summed E-state index contributed by atoms with van der Waals surface area (Å²) in [5.41, 5.74) is 8.13. The Morgan fingerprint density at radius 2 is 1.79 bits per heavy atom. The largest absolute Gasteiger partial charge is 0.382 e. The average molecular weight is 267 g/mol. The van der Waals surface area contributed by atoms with Gasteiger partial charge in [-0.3, -0.25) is 0 Å². The summed E-state index contributed by atoms with van der Waals surface area (Å²) in [5.74, 6) is 0. The van der Waals surface area contributed by atoms with E-state index in [1.165, 1.54) is 5.56 Å². The number of rotatable bonds is 10. The fraction of sp³-hybridized carbons (Fsp3) is 0.600. The molecule has 0 aliphatic heterocycles. The predicted molar refractivity (Wildman–Crippen MR) is 76.2 cm³/mol. The summed E-state index contributed by atoms with van der Waals surface area (Å²) >= 11 is 0. The number of methoxy groups -OCH3 is 1. The van der Waals surface area contributed by atoms with Gasteiger partial charge in [0, 0.05) is 26.9 Å². The fourth-order valence-electron chi connectivity index (χ4n) is 1.71. The van der Waals surface area contributed by atoms with Gasteiger partial charge in [0.25, 0.3) is 0 Å². The predicted octanol–water partition coefficient (Wildman–Crippen LogP) is 2.06. The van der Waals surface area contributed by atoms with Gasteiger partial charge in [0.15, 0.2) is 0 Å². The van der Waals surface area contributed by atoms with Gasteiger partial charge in [-0.25, -0.2) is 0 Å². The second-order valence-corrected chi connectivity index (χ2v) is 4.46. The minimum Gasteiger partial charge on any atom is -0.382 e. The van der Waals surface area contributed by atoms with Gasteiger partial charge in [0.2, 0.25) is 0 Å². The van der Waals surface area contributed by atoms with Gasteiger partial charge in [-0.15, -0.1) is 0 Å². The maximum Gasteiger partial charge on any atom is 0.0947 e. The number of aryl methyl sites for hydroxylation is 1. The first kappa shape index (κ1) is 16.1. The molecular formula is C15H25NO3. The van der Waals surface area contributed by atoms with Gasteiger partial charge >= 0.3 is 0 Å². The normalized spacial score (nSPS) is 12.6. The summed E-state index contributed by atoms with van der Waals surface area (Å²) in [6.07, 6.45) is 0.839. The fourth-order valence-corrected chi connectivity index (χ4v) is 1.71. The molecule has 0 bridgehead atoms. The van der Waals surface area contributed by atoms with Crippen LogP contribution < -0.4 is 5.73 Å². The molecule has 0 spiro atoms. The first-order chi connectivity index (χ1) is 9.27. The Morgan fingerprint density at radius 3 is 2.42 bits per heavy atom. The van der Waals surface area contributed by atoms with Crippen molar-refractivity contribution in [3.63, 3.8) is 0 Å². The molecule has 0 radical (unpaired) electrons. The van der Waals surface area contributed by atoms with Crippen LogP contribution in [0.2, 0.25) is 0 Å². The van der Waals surface area contributed by atoms with E-state index in [2.05, 4.69) is 31.2 Å². The molecule has 0 heterocycles. The Balaban J connectivity index is 2.20. The lowest BCUT2D eigenvalue weighted by atomic mass is 10.1. The van der Waals surface area contributed by atoms with Crippen LogP contribution in [0.1, 0.15) is 23.7 Å². The molecule has 0 aliphatic carbocycles. The molecule has 1 aromatic rings. The van der Waals surface area contributed by atoms with Gasteiger partial charge in [-0.05, 0) is 18.9 Å². The zero-order valence-corrected chi connectivity index (χ0v) is 11.9. The van der Waals surface area contributed by atoms with Gasteiger partial charge in [0.1, 0.15) is 0 Å². The number of benzene rings is 1. The van der Waals surface area contributed by atoms with E-state index in [1.54, 1.807) is 7.11 Å². The molecule has 4 heteroatoms. The summed E-state index contributed by atoms with van der Waals surface area (Å²) in [4.78, 5) is 0. The standard InChI is InChI=1S/C15H25NO3/c1-13-4-6-14(7-5-13)15(12-16)19-9-3-8-18-11-10-17-2/h4-7,15H,3,8-12,16H2,1-2H3. The van der Waals surface area contributed by atoms with Crippen LogP contribution in [0.5, 0.6) is 0 Å². The van der Waals surface area contributed by atoms with Crippen molar-refractivity contribution in [3.05, 3.63) is 35.4 Å². The summed E-state index contributed by atoms with van der Waals surface area (Å²) < 4.78 is 16.1.